The fourth-order valence-corrected chi connectivity index (χ4v) is 5.63. The number of hydrogen-bond donors (Lipinski definition) is 1. The summed E-state index contributed by atoms with van der Waals surface area (Å²) in [6.45, 7) is 0. The van der Waals surface area contributed by atoms with Gasteiger partial charge in [-0.15, -0.1) is 0 Å². The maximum Gasteiger partial charge on any atom is 0.419 e. The lowest BCUT2D eigenvalue weighted by Gasteiger charge is -2.43. The minimum absolute atomic E-state index is 0.0780. The van der Waals surface area contributed by atoms with Crippen LogP contribution < -0.4 is 20.3 Å². The zero-order valence-electron chi connectivity index (χ0n) is 19.3. The first-order valence-electron chi connectivity index (χ1n) is 11.8. The van der Waals surface area contributed by atoms with Crippen LogP contribution in [0.4, 0.5) is 24.5 Å². The Bertz CT molecular complexity index is 1230. The van der Waals surface area contributed by atoms with Gasteiger partial charge < -0.3 is 15.4 Å². The van der Waals surface area contributed by atoms with Crippen LogP contribution in [0.25, 0.3) is 0 Å². The highest BCUT2D eigenvalue weighted by atomic mass is 32.1. The largest absolute Gasteiger partial charge is 0.490 e. The fraction of sp³-hybridized carbons (Fsp3) is 0.440. The van der Waals surface area contributed by atoms with Crippen molar-refractivity contribution >= 4 is 34.6 Å². The number of pyridine rings is 1. The highest BCUT2D eigenvalue weighted by Crippen LogP contribution is 2.48. The highest BCUT2D eigenvalue weighted by Gasteiger charge is 2.59. The molecule has 0 atom stereocenters. The smallest absolute Gasteiger partial charge is 0.419 e. The van der Waals surface area contributed by atoms with E-state index in [0.717, 1.165) is 49.3 Å². The molecule has 11 heteroatoms. The maximum absolute atomic E-state index is 13.6. The van der Waals surface area contributed by atoms with E-state index in [1.54, 1.807) is 4.90 Å². The molecular formula is C25H24F3N5O2S. The van der Waals surface area contributed by atoms with E-state index in [9.17, 15) is 18.0 Å². The van der Waals surface area contributed by atoms with Crippen molar-refractivity contribution in [3.8, 4) is 11.8 Å². The molecule has 5 rings (SSSR count). The van der Waals surface area contributed by atoms with Crippen molar-refractivity contribution < 1.29 is 22.7 Å². The molecule has 1 aromatic carbocycles. The summed E-state index contributed by atoms with van der Waals surface area (Å²) in [6, 6.07) is 9.70. The predicted octanol–water partition coefficient (Wildman–Crippen LogP) is 4.68. The number of benzene rings is 1. The van der Waals surface area contributed by atoms with E-state index >= 15 is 0 Å². The number of halogens is 3. The van der Waals surface area contributed by atoms with Gasteiger partial charge in [0.1, 0.15) is 17.4 Å². The summed E-state index contributed by atoms with van der Waals surface area (Å²) >= 11 is 5.64. The second-order valence-corrected chi connectivity index (χ2v) is 9.86. The molecule has 2 aliphatic carbocycles. The molecule has 1 aromatic heterocycles. The Morgan fingerprint density at radius 2 is 1.81 bits per heavy atom. The average molecular weight is 516 g/mol. The monoisotopic (exact) mass is 515 g/mol. The number of thiocarbonyl (C=S) groups is 1. The summed E-state index contributed by atoms with van der Waals surface area (Å²) < 4.78 is 46.7. The summed E-state index contributed by atoms with van der Waals surface area (Å²) in [4.78, 5) is 20.1. The lowest BCUT2D eigenvalue weighted by molar-refractivity contribution is -0.138. The second-order valence-electron chi connectivity index (χ2n) is 9.49. The zero-order valence-corrected chi connectivity index (χ0v) is 20.1. The number of aromatic nitrogens is 1. The number of anilines is 2. The van der Waals surface area contributed by atoms with E-state index in [2.05, 4.69) is 4.98 Å². The van der Waals surface area contributed by atoms with Gasteiger partial charge in [-0.1, -0.05) is 0 Å². The number of alkyl halides is 3. The van der Waals surface area contributed by atoms with E-state index < -0.39 is 28.9 Å². The lowest BCUT2D eigenvalue weighted by Crippen LogP contribution is -2.55. The molecule has 2 N–H and O–H groups in total. The number of nitrogens with two attached hydrogens (primary N) is 1. The van der Waals surface area contributed by atoms with Crippen molar-refractivity contribution in [2.75, 3.05) is 9.80 Å². The van der Waals surface area contributed by atoms with Gasteiger partial charge in [-0.05, 0) is 87.5 Å². The van der Waals surface area contributed by atoms with Crippen molar-refractivity contribution in [2.24, 2.45) is 5.73 Å². The molecule has 2 heterocycles. The lowest BCUT2D eigenvalue weighted by atomic mass is 9.75. The number of ether oxygens (including phenoxy) is 1. The molecule has 36 heavy (non-hydrogen) atoms. The number of nitrogens with zero attached hydrogens (tertiary/aromatic N) is 4. The van der Waals surface area contributed by atoms with Gasteiger partial charge in [0.2, 0.25) is 0 Å². The van der Waals surface area contributed by atoms with Gasteiger partial charge >= 0.3 is 6.18 Å². The SMILES string of the molecule is N#Cc1ncc(N2C(=O)C3(CCC3)N(c3ccc(OC4CCC(N)CC4)cc3)C2=S)cc1C(F)(F)F. The number of carbonyl (C=O) groups is 1. The molecule has 0 unspecified atom stereocenters. The predicted molar refractivity (Wildman–Crippen MR) is 130 cm³/mol. The number of nitriles is 1. The van der Waals surface area contributed by atoms with Gasteiger partial charge in [0.05, 0.1) is 23.6 Å². The third-order valence-corrected chi connectivity index (χ3v) is 7.62. The number of hydrogen-bond acceptors (Lipinski definition) is 6. The Labute approximate surface area is 211 Å². The Morgan fingerprint density at radius 3 is 2.36 bits per heavy atom. The zero-order chi connectivity index (χ0) is 25.7. The summed E-state index contributed by atoms with van der Waals surface area (Å²) in [7, 11) is 0. The van der Waals surface area contributed by atoms with Crippen LogP contribution in [-0.4, -0.2) is 33.7 Å². The summed E-state index contributed by atoms with van der Waals surface area (Å²) in [5.74, 6) is 0.304. The Balaban J connectivity index is 1.43. The van der Waals surface area contributed by atoms with Crippen LogP contribution in [0.3, 0.4) is 0 Å². The molecule has 7 nitrogen and oxygen atoms in total. The number of rotatable bonds is 4. The first kappa shape index (κ1) is 24.5. The first-order chi connectivity index (χ1) is 17.1. The van der Waals surface area contributed by atoms with Gasteiger partial charge in [-0.2, -0.15) is 18.4 Å². The molecule has 2 aromatic rings. The molecule has 0 radical (unpaired) electrons. The van der Waals surface area contributed by atoms with Gasteiger partial charge in [-0.3, -0.25) is 9.69 Å². The van der Waals surface area contributed by atoms with Crippen LogP contribution in [0.2, 0.25) is 0 Å². The normalized spacial score (nSPS) is 23.5. The van der Waals surface area contributed by atoms with Crippen molar-refractivity contribution in [1.82, 2.24) is 4.98 Å². The van der Waals surface area contributed by atoms with E-state index in [1.165, 1.54) is 6.07 Å². The molecule has 3 aliphatic rings. The summed E-state index contributed by atoms with van der Waals surface area (Å²) in [5.41, 5.74) is 3.60. The molecule has 1 amide bonds. The molecule has 3 fully saturated rings. The van der Waals surface area contributed by atoms with Crippen molar-refractivity contribution in [3.63, 3.8) is 0 Å². The highest BCUT2D eigenvalue weighted by molar-refractivity contribution is 7.81. The standard InChI is InChI=1S/C25H24F3N5O2S/c26-25(27,28)20-12-17(14-31-21(20)13-29)32-22(34)24(10-1-11-24)33(23(32)36)16-4-8-19(9-5-16)35-18-6-2-15(30)3-7-18/h4-5,8-9,12,14-15,18H,1-3,6-7,10-11,30H2. The molecule has 1 spiro atoms. The Morgan fingerprint density at radius 1 is 1.14 bits per heavy atom. The second kappa shape index (κ2) is 9.01. The van der Waals surface area contributed by atoms with Gasteiger partial charge in [0.15, 0.2) is 10.8 Å². The molecule has 0 bridgehead atoms. The molecular weight excluding hydrogens is 491 g/mol. The fourth-order valence-electron chi connectivity index (χ4n) is 5.16. The third-order valence-electron chi connectivity index (χ3n) is 7.25. The van der Waals surface area contributed by atoms with E-state index in [4.69, 9.17) is 28.0 Å². The van der Waals surface area contributed by atoms with Crippen molar-refractivity contribution in [2.45, 2.75) is 68.8 Å². The van der Waals surface area contributed by atoms with Crippen LogP contribution in [0, 0.1) is 11.3 Å². The number of carbonyl (C=O) groups excluding carboxylic acids is 1. The van der Waals surface area contributed by atoms with E-state index in [-0.39, 0.29) is 22.9 Å². The average Bonchev–Trinajstić information content (AvgIpc) is 3.07. The van der Waals surface area contributed by atoms with Crippen LogP contribution in [0.5, 0.6) is 5.75 Å². The van der Waals surface area contributed by atoms with Crippen LogP contribution in [0.15, 0.2) is 36.5 Å². The summed E-state index contributed by atoms with van der Waals surface area (Å²) in [6.07, 6.45) is 1.86. The topological polar surface area (TPSA) is 95.5 Å². The third kappa shape index (κ3) is 4.08. The first-order valence-corrected chi connectivity index (χ1v) is 12.2. The molecule has 1 saturated heterocycles. The summed E-state index contributed by atoms with van der Waals surface area (Å²) in [5, 5.41) is 9.14. The quantitative estimate of drug-likeness (QED) is 0.591. The van der Waals surface area contributed by atoms with E-state index in [0.29, 0.717) is 24.3 Å². The molecule has 188 valence electrons. The van der Waals surface area contributed by atoms with Crippen molar-refractivity contribution in [3.05, 3.63) is 47.8 Å². The molecule has 1 aliphatic heterocycles. The minimum Gasteiger partial charge on any atom is -0.490 e. The maximum atomic E-state index is 13.6. The van der Waals surface area contributed by atoms with Crippen LogP contribution in [-0.2, 0) is 11.0 Å². The Kier molecular flexibility index (Phi) is 6.12. The van der Waals surface area contributed by atoms with Gasteiger partial charge in [0.25, 0.3) is 5.91 Å². The Hall–Kier alpha value is -3.23. The number of amides is 1. The van der Waals surface area contributed by atoms with Crippen LogP contribution in [0.1, 0.15) is 56.2 Å². The van der Waals surface area contributed by atoms with Gasteiger partial charge in [0, 0.05) is 11.7 Å². The van der Waals surface area contributed by atoms with Crippen molar-refractivity contribution in [1.29, 1.82) is 5.26 Å². The van der Waals surface area contributed by atoms with Crippen LogP contribution >= 0.6 is 12.2 Å². The van der Waals surface area contributed by atoms with E-state index in [1.807, 2.05) is 24.3 Å². The van der Waals surface area contributed by atoms with Gasteiger partial charge in [-0.25, -0.2) is 4.98 Å². The molecule has 2 saturated carbocycles. The minimum atomic E-state index is -4.80.